The molecule has 1 aliphatic heterocycles. The fourth-order valence-corrected chi connectivity index (χ4v) is 2.32. The highest BCUT2D eigenvalue weighted by atomic mass is 32.1. The number of anilines is 1. The van der Waals surface area contributed by atoms with E-state index in [-0.39, 0.29) is 17.4 Å². The lowest BCUT2D eigenvalue weighted by Crippen LogP contribution is -2.50. The highest BCUT2D eigenvalue weighted by Crippen LogP contribution is 2.26. The number of hydrogen-bond acceptors (Lipinski definition) is 4. The molecule has 0 aromatic carbocycles. The molecule has 5 heteroatoms. The first kappa shape index (κ1) is 11.5. The Balaban J connectivity index is 1.99. The molecule has 1 saturated heterocycles. The van der Waals surface area contributed by atoms with Gasteiger partial charge in [0.1, 0.15) is 0 Å². The van der Waals surface area contributed by atoms with Crippen molar-refractivity contribution in [3.8, 4) is 0 Å². The van der Waals surface area contributed by atoms with Crippen molar-refractivity contribution in [3.63, 3.8) is 0 Å². The van der Waals surface area contributed by atoms with Crippen LogP contribution in [0.3, 0.4) is 0 Å². The van der Waals surface area contributed by atoms with Crippen LogP contribution in [0.25, 0.3) is 0 Å². The van der Waals surface area contributed by atoms with E-state index in [1.807, 2.05) is 5.38 Å². The van der Waals surface area contributed by atoms with E-state index in [0.29, 0.717) is 5.13 Å². The van der Waals surface area contributed by atoms with Crippen LogP contribution in [-0.2, 0) is 10.2 Å². The summed E-state index contributed by atoms with van der Waals surface area (Å²) in [5.74, 6) is 0.0288. The van der Waals surface area contributed by atoms with Crippen molar-refractivity contribution < 1.29 is 4.79 Å². The van der Waals surface area contributed by atoms with Gasteiger partial charge in [-0.05, 0) is 13.0 Å². The first-order valence-corrected chi connectivity index (χ1v) is 6.35. The van der Waals surface area contributed by atoms with E-state index in [1.165, 1.54) is 11.3 Å². The number of nitrogens with one attached hydrogen (secondary N) is 2. The molecular formula is C11H17N3OS. The Kier molecular flexibility index (Phi) is 2.99. The minimum Gasteiger partial charge on any atom is -0.306 e. The van der Waals surface area contributed by atoms with E-state index in [9.17, 15) is 4.79 Å². The van der Waals surface area contributed by atoms with Crippen LogP contribution in [0.4, 0.5) is 5.13 Å². The van der Waals surface area contributed by atoms with Crippen molar-refractivity contribution in [1.29, 1.82) is 0 Å². The molecule has 1 amide bonds. The maximum absolute atomic E-state index is 11.6. The molecule has 0 saturated carbocycles. The first-order valence-electron chi connectivity index (χ1n) is 5.47. The number of carbonyl (C=O) groups excluding carboxylic acids is 1. The molecule has 0 unspecified atom stereocenters. The van der Waals surface area contributed by atoms with Gasteiger partial charge in [-0.15, -0.1) is 11.3 Å². The summed E-state index contributed by atoms with van der Waals surface area (Å²) in [5.41, 5.74) is 1.06. The molecule has 1 aromatic heterocycles. The summed E-state index contributed by atoms with van der Waals surface area (Å²) in [7, 11) is 0. The Labute approximate surface area is 99.5 Å². The second kappa shape index (κ2) is 4.14. The average Bonchev–Trinajstić information content (AvgIpc) is 2.47. The van der Waals surface area contributed by atoms with Crippen molar-refractivity contribution in [1.82, 2.24) is 10.3 Å². The maximum atomic E-state index is 11.6. The predicted molar refractivity (Wildman–Crippen MR) is 65.9 cm³/mol. The summed E-state index contributed by atoms with van der Waals surface area (Å²) in [6, 6.07) is -0.0259. The number of thiazole rings is 1. The molecule has 2 N–H and O–H groups in total. The normalized spacial score (nSPS) is 20.3. The molecule has 16 heavy (non-hydrogen) atoms. The van der Waals surface area contributed by atoms with Gasteiger partial charge in [0, 0.05) is 10.8 Å². The molecule has 0 radical (unpaired) electrons. The fraction of sp³-hybridized carbons (Fsp3) is 0.636. The van der Waals surface area contributed by atoms with E-state index < -0.39 is 0 Å². The molecule has 1 aliphatic rings. The summed E-state index contributed by atoms with van der Waals surface area (Å²) >= 11 is 1.49. The second-order valence-electron chi connectivity index (χ2n) is 5.07. The molecule has 2 rings (SSSR count). The summed E-state index contributed by atoms with van der Waals surface area (Å²) in [4.78, 5) is 16.1. The van der Waals surface area contributed by atoms with Crippen LogP contribution in [0.15, 0.2) is 5.38 Å². The van der Waals surface area contributed by atoms with Gasteiger partial charge in [-0.25, -0.2) is 4.98 Å². The van der Waals surface area contributed by atoms with Crippen LogP contribution in [0.5, 0.6) is 0 Å². The Hall–Kier alpha value is -0.940. The quantitative estimate of drug-likeness (QED) is 0.826. The molecule has 2 heterocycles. The monoisotopic (exact) mass is 239 g/mol. The third-order valence-corrected chi connectivity index (χ3v) is 3.40. The van der Waals surface area contributed by atoms with Gasteiger partial charge in [0.05, 0.1) is 11.7 Å². The zero-order chi connectivity index (χ0) is 11.8. The van der Waals surface area contributed by atoms with Crippen LogP contribution >= 0.6 is 11.3 Å². The SMILES string of the molecule is CC(C)(C)c1csc(NC(=O)[C@@H]2CCN2)n1. The van der Waals surface area contributed by atoms with Crippen molar-refractivity contribution in [2.75, 3.05) is 11.9 Å². The number of carbonyl (C=O) groups is 1. The number of rotatable bonds is 2. The van der Waals surface area contributed by atoms with Crippen molar-refractivity contribution in [2.45, 2.75) is 38.6 Å². The van der Waals surface area contributed by atoms with Crippen molar-refractivity contribution in [2.24, 2.45) is 0 Å². The highest BCUT2D eigenvalue weighted by molar-refractivity contribution is 7.13. The second-order valence-corrected chi connectivity index (χ2v) is 5.93. The Morgan fingerprint density at radius 3 is 2.75 bits per heavy atom. The summed E-state index contributed by atoms with van der Waals surface area (Å²) in [6.45, 7) is 7.27. The molecule has 1 aromatic rings. The number of aromatic nitrogens is 1. The van der Waals surface area contributed by atoms with Crippen molar-refractivity contribution >= 4 is 22.4 Å². The third kappa shape index (κ3) is 2.41. The molecular weight excluding hydrogens is 222 g/mol. The lowest BCUT2D eigenvalue weighted by molar-refractivity contribution is -0.119. The predicted octanol–water partition coefficient (Wildman–Crippen LogP) is 1.74. The summed E-state index contributed by atoms with van der Waals surface area (Å²) in [5, 5.41) is 8.61. The first-order chi connectivity index (χ1) is 7.47. The smallest absolute Gasteiger partial charge is 0.243 e. The lowest BCUT2D eigenvalue weighted by Gasteiger charge is -2.25. The topological polar surface area (TPSA) is 54.0 Å². The van der Waals surface area contributed by atoms with Crippen LogP contribution in [-0.4, -0.2) is 23.5 Å². The van der Waals surface area contributed by atoms with E-state index >= 15 is 0 Å². The van der Waals surface area contributed by atoms with Gasteiger partial charge in [-0.1, -0.05) is 20.8 Å². The van der Waals surface area contributed by atoms with Crippen LogP contribution in [0.2, 0.25) is 0 Å². The van der Waals surface area contributed by atoms with Gasteiger partial charge in [-0.3, -0.25) is 4.79 Å². The number of nitrogens with zero attached hydrogens (tertiary/aromatic N) is 1. The zero-order valence-corrected chi connectivity index (χ0v) is 10.6. The van der Waals surface area contributed by atoms with Gasteiger partial charge in [0.2, 0.25) is 5.91 Å². The van der Waals surface area contributed by atoms with Crippen molar-refractivity contribution in [3.05, 3.63) is 11.1 Å². The van der Waals surface area contributed by atoms with Crippen LogP contribution < -0.4 is 10.6 Å². The van der Waals surface area contributed by atoms with E-state index in [2.05, 4.69) is 36.4 Å². The number of amides is 1. The zero-order valence-electron chi connectivity index (χ0n) is 9.83. The van der Waals surface area contributed by atoms with Gasteiger partial charge < -0.3 is 10.6 Å². The maximum Gasteiger partial charge on any atom is 0.243 e. The molecule has 88 valence electrons. The van der Waals surface area contributed by atoms with E-state index in [1.54, 1.807) is 0 Å². The van der Waals surface area contributed by atoms with E-state index in [0.717, 1.165) is 18.7 Å². The molecule has 0 aliphatic carbocycles. The largest absolute Gasteiger partial charge is 0.306 e. The molecule has 4 nitrogen and oxygen atoms in total. The van der Waals surface area contributed by atoms with Gasteiger partial charge in [0.15, 0.2) is 5.13 Å². The minimum absolute atomic E-state index is 0.0259. The molecule has 1 atom stereocenters. The number of hydrogen-bond donors (Lipinski definition) is 2. The van der Waals surface area contributed by atoms with Gasteiger partial charge >= 0.3 is 0 Å². The Bertz CT molecular complexity index is 390. The molecule has 0 spiro atoms. The Morgan fingerprint density at radius 2 is 2.31 bits per heavy atom. The van der Waals surface area contributed by atoms with E-state index in [4.69, 9.17) is 0 Å². The summed E-state index contributed by atoms with van der Waals surface area (Å²) < 4.78 is 0. The average molecular weight is 239 g/mol. The van der Waals surface area contributed by atoms with Crippen LogP contribution in [0, 0.1) is 0 Å². The standard InChI is InChI=1S/C11H17N3OS/c1-11(2,3)8-6-16-10(13-8)14-9(15)7-4-5-12-7/h6-7,12H,4-5H2,1-3H3,(H,13,14,15)/t7-/m0/s1. The minimum atomic E-state index is -0.0259. The fourth-order valence-electron chi connectivity index (χ4n) is 1.38. The van der Waals surface area contributed by atoms with Crippen LogP contribution in [0.1, 0.15) is 32.9 Å². The highest BCUT2D eigenvalue weighted by Gasteiger charge is 2.25. The molecule has 0 bridgehead atoms. The van der Waals surface area contributed by atoms with Gasteiger partial charge in [0.25, 0.3) is 0 Å². The Morgan fingerprint density at radius 1 is 1.62 bits per heavy atom. The van der Waals surface area contributed by atoms with Gasteiger partial charge in [-0.2, -0.15) is 0 Å². The lowest BCUT2D eigenvalue weighted by atomic mass is 9.93. The third-order valence-electron chi connectivity index (χ3n) is 2.64. The summed E-state index contributed by atoms with van der Waals surface area (Å²) in [6.07, 6.45) is 0.920. The molecule has 1 fully saturated rings.